The molecule has 0 rings (SSSR count). The van der Waals surface area contributed by atoms with Crippen molar-refractivity contribution in [3.63, 3.8) is 0 Å². The Kier molecular flexibility index (Phi) is 5.69. The number of nitrogens with zero attached hydrogens (tertiary/aromatic N) is 2. The van der Waals surface area contributed by atoms with Crippen LogP contribution >= 0.6 is 0 Å². The molecular formula is C9H16N2O2. The first-order valence-corrected chi connectivity index (χ1v) is 4.47. The normalized spacial score (nSPS) is 11.5. The maximum absolute atomic E-state index is 11.2. The topological polar surface area (TPSA) is 53.3 Å². The molecule has 4 nitrogen and oxygen atoms in total. The summed E-state index contributed by atoms with van der Waals surface area (Å²) in [6, 6.07) is 2.08. The maximum Gasteiger partial charge on any atom is 0.409 e. The zero-order valence-electron chi connectivity index (χ0n) is 8.41. The molecule has 0 fully saturated rings. The van der Waals surface area contributed by atoms with E-state index in [1.807, 2.05) is 6.92 Å². The molecule has 0 aromatic carbocycles. The van der Waals surface area contributed by atoms with E-state index in [2.05, 4.69) is 6.07 Å². The smallest absolute Gasteiger partial charge is 0.409 e. The van der Waals surface area contributed by atoms with Crippen LogP contribution in [0.3, 0.4) is 0 Å². The lowest BCUT2D eigenvalue weighted by molar-refractivity contribution is 0.106. The minimum absolute atomic E-state index is 0.149. The van der Waals surface area contributed by atoms with Gasteiger partial charge < -0.3 is 9.64 Å². The van der Waals surface area contributed by atoms with E-state index in [1.165, 1.54) is 4.90 Å². The van der Waals surface area contributed by atoms with E-state index in [9.17, 15) is 4.79 Å². The van der Waals surface area contributed by atoms with Crippen molar-refractivity contribution in [1.29, 1.82) is 5.26 Å². The number of hydrogen-bond acceptors (Lipinski definition) is 3. The molecule has 0 aromatic heterocycles. The van der Waals surface area contributed by atoms with Crippen molar-refractivity contribution in [3.05, 3.63) is 0 Å². The number of nitriles is 1. The predicted molar refractivity (Wildman–Crippen MR) is 49.0 cm³/mol. The molecule has 0 radical (unpaired) electrons. The van der Waals surface area contributed by atoms with Crippen LogP contribution in [0.1, 0.15) is 20.8 Å². The summed E-state index contributed by atoms with van der Waals surface area (Å²) in [6.45, 7) is 6.79. The molecular weight excluding hydrogens is 168 g/mol. The lowest BCUT2D eigenvalue weighted by atomic mass is 10.2. The monoisotopic (exact) mass is 184 g/mol. The van der Waals surface area contributed by atoms with E-state index in [1.54, 1.807) is 13.8 Å². The molecule has 0 spiro atoms. The first kappa shape index (κ1) is 11.8. The van der Waals surface area contributed by atoms with E-state index in [0.29, 0.717) is 19.7 Å². The molecule has 0 bridgehead atoms. The molecule has 74 valence electrons. The van der Waals surface area contributed by atoms with Gasteiger partial charge in [0.15, 0.2) is 0 Å². The standard InChI is InChI=1S/C9H16N2O2/c1-4-11(7-8(3)6-10)9(12)13-5-2/h8H,4-5,7H2,1-3H3. The summed E-state index contributed by atoms with van der Waals surface area (Å²) in [5.41, 5.74) is 0. The molecule has 0 aliphatic heterocycles. The Bertz CT molecular complexity index is 198. The van der Waals surface area contributed by atoms with E-state index in [0.717, 1.165) is 0 Å². The summed E-state index contributed by atoms with van der Waals surface area (Å²) in [5, 5.41) is 8.56. The Hall–Kier alpha value is -1.24. The summed E-state index contributed by atoms with van der Waals surface area (Å²) < 4.78 is 4.82. The zero-order chi connectivity index (χ0) is 10.3. The van der Waals surface area contributed by atoms with Gasteiger partial charge in [0.2, 0.25) is 0 Å². The Labute approximate surface area is 79.1 Å². The van der Waals surface area contributed by atoms with Crippen molar-refractivity contribution in [1.82, 2.24) is 4.90 Å². The van der Waals surface area contributed by atoms with Gasteiger partial charge in [0.05, 0.1) is 18.6 Å². The third kappa shape index (κ3) is 4.36. The second-order valence-electron chi connectivity index (χ2n) is 2.77. The fourth-order valence-corrected chi connectivity index (χ4v) is 0.919. The van der Waals surface area contributed by atoms with Crippen LogP contribution in [0.4, 0.5) is 4.79 Å². The highest BCUT2D eigenvalue weighted by atomic mass is 16.6. The maximum atomic E-state index is 11.2. The van der Waals surface area contributed by atoms with Gasteiger partial charge in [0.25, 0.3) is 0 Å². The van der Waals surface area contributed by atoms with Gasteiger partial charge in [0, 0.05) is 13.1 Å². The van der Waals surface area contributed by atoms with Gasteiger partial charge in [-0.3, -0.25) is 0 Å². The number of amides is 1. The lowest BCUT2D eigenvalue weighted by Gasteiger charge is -2.20. The molecule has 13 heavy (non-hydrogen) atoms. The molecule has 0 N–H and O–H groups in total. The summed E-state index contributed by atoms with van der Waals surface area (Å²) >= 11 is 0. The summed E-state index contributed by atoms with van der Waals surface area (Å²) in [4.78, 5) is 12.7. The molecule has 0 saturated heterocycles. The van der Waals surface area contributed by atoms with Crippen LogP contribution in [0.5, 0.6) is 0 Å². The number of ether oxygens (including phenoxy) is 1. The second-order valence-corrected chi connectivity index (χ2v) is 2.77. The SMILES string of the molecule is CCOC(=O)N(CC)CC(C)C#N. The van der Waals surface area contributed by atoms with Gasteiger partial charge in [-0.05, 0) is 20.8 Å². The van der Waals surface area contributed by atoms with Crippen molar-refractivity contribution in [2.45, 2.75) is 20.8 Å². The lowest BCUT2D eigenvalue weighted by Crippen LogP contribution is -2.34. The van der Waals surface area contributed by atoms with Crippen LogP contribution in [0.2, 0.25) is 0 Å². The fourth-order valence-electron chi connectivity index (χ4n) is 0.919. The third-order valence-corrected chi connectivity index (χ3v) is 1.62. The average molecular weight is 184 g/mol. The van der Waals surface area contributed by atoms with Crippen molar-refractivity contribution in [3.8, 4) is 6.07 Å². The quantitative estimate of drug-likeness (QED) is 0.667. The van der Waals surface area contributed by atoms with Gasteiger partial charge in [-0.15, -0.1) is 0 Å². The molecule has 4 heteroatoms. The number of carbonyl (C=O) groups is 1. The first-order chi connectivity index (χ1) is 6.15. The van der Waals surface area contributed by atoms with Crippen molar-refractivity contribution < 1.29 is 9.53 Å². The fraction of sp³-hybridized carbons (Fsp3) is 0.778. The molecule has 1 amide bonds. The summed E-state index contributed by atoms with van der Waals surface area (Å²) in [5.74, 6) is -0.149. The molecule has 0 aliphatic carbocycles. The van der Waals surface area contributed by atoms with Gasteiger partial charge in [0.1, 0.15) is 0 Å². The third-order valence-electron chi connectivity index (χ3n) is 1.62. The second kappa shape index (κ2) is 6.30. The summed E-state index contributed by atoms with van der Waals surface area (Å²) in [7, 11) is 0. The molecule has 0 aromatic rings. The van der Waals surface area contributed by atoms with Gasteiger partial charge in [-0.2, -0.15) is 5.26 Å². The first-order valence-electron chi connectivity index (χ1n) is 4.47. The largest absolute Gasteiger partial charge is 0.450 e. The summed E-state index contributed by atoms with van der Waals surface area (Å²) in [6.07, 6.45) is -0.341. The van der Waals surface area contributed by atoms with Gasteiger partial charge in [-0.25, -0.2) is 4.79 Å². The molecule has 0 heterocycles. The minimum Gasteiger partial charge on any atom is -0.450 e. The molecule has 1 atom stereocenters. The van der Waals surface area contributed by atoms with Crippen molar-refractivity contribution in [2.24, 2.45) is 5.92 Å². The average Bonchev–Trinajstić information content (AvgIpc) is 2.14. The Balaban J connectivity index is 4.03. The van der Waals surface area contributed by atoms with Gasteiger partial charge >= 0.3 is 6.09 Å². The highest BCUT2D eigenvalue weighted by Crippen LogP contribution is 2.00. The Morgan fingerprint density at radius 2 is 2.23 bits per heavy atom. The zero-order valence-corrected chi connectivity index (χ0v) is 8.41. The van der Waals surface area contributed by atoms with E-state index >= 15 is 0 Å². The van der Waals surface area contributed by atoms with E-state index < -0.39 is 0 Å². The van der Waals surface area contributed by atoms with Crippen LogP contribution in [0, 0.1) is 17.2 Å². The van der Waals surface area contributed by atoms with Gasteiger partial charge in [-0.1, -0.05) is 0 Å². The van der Waals surface area contributed by atoms with Crippen LogP contribution in [-0.4, -0.2) is 30.7 Å². The molecule has 0 saturated carbocycles. The number of rotatable bonds is 4. The molecule has 0 aliphatic rings. The highest BCUT2D eigenvalue weighted by molar-refractivity contribution is 5.67. The highest BCUT2D eigenvalue weighted by Gasteiger charge is 2.14. The van der Waals surface area contributed by atoms with E-state index in [4.69, 9.17) is 10.00 Å². The minimum atomic E-state index is -0.341. The van der Waals surface area contributed by atoms with Crippen LogP contribution in [-0.2, 0) is 4.74 Å². The van der Waals surface area contributed by atoms with Crippen LogP contribution < -0.4 is 0 Å². The van der Waals surface area contributed by atoms with E-state index in [-0.39, 0.29) is 12.0 Å². The Morgan fingerprint density at radius 3 is 2.62 bits per heavy atom. The number of hydrogen-bond donors (Lipinski definition) is 0. The van der Waals surface area contributed by atoms with Crippen molar-refractivity contribution in [2.75, 3.05) is 19.7 Å². The number of carbonyl (C=O) groups excluding carboxylic acids is 1. The predicted octanol–water partition coefficient (Wildman–Crippen LogP) is 1.62. The van der Waals surface area contributed by atoms with Crippen molar-refractivity contribution >= 4 is 6.09 Å². The van der Waals surface area contributed by atoms with Crippen LogP contribution in [0.15, 0.2) is 0 Å². The Morgan fingerprint density at radius 1 is 1.62 bits per heavy atom. The molecule has 1 unspecified atom stereocenters. The van der Waals surface area contributed by atoms with Crippen LogP contribution in [0.25, 0.3) is 0 Å².